The second-order valence-electron chi connectivity index (χ2n) is 28.0. The van der Waals surface area contributed by atoms with Gasteiger partial charge in [-0.3, -0.25) is 9.59 Å². The summed E-state index contributed by atoms with van der Waals surface area (Å²) in [6.07, 6.45) is -1.27. The molecular weight excluding hydrogens is 1140 g/mol. The fraction of sp³-hybridized carbons (Fsp3) is 0.731. The van der Waals surface area contributed by atoms with Crippen molar-refractivity contribution in [3.63, 3.8) is 0 Å². The van der Waals surface area contributed by atoms with Crippen LogP contribution in [0.2, 0.25) is 0 Å². The van der Waals surface area contributed by atoms with E-state index < -0.39 is 88.6 Å². The Hall–Kier alpha value is -6.06. The van der Waals surface area contributed by atoms with Crippen molar-refractivity contribution in [1.29, 1.82) is 0 Å². The normalized spacial score (nSPS) is 19.2. The second-order valence-corrected chi connectivity index (χ2v) is 28.0. The van der Waals surface area contributed by atoms with Gasteiger partial charge in [-0.2, -0.15) is 0 Å². The monoisotopic (exact) mass is 1240 g/mol. The number of nitrogens with zero attached hydrogens (tertiary/aromatic N) is 2. The Balaban J connectivity index is 0.000000462. The summed E-state index contributed by atoms with van der Waals surface area (Å²) in [5.74, 6) is 0.787. The fourth-order valence-corrected chi connectivity index (χ4v) is 10.3. The number of carbonyl (C=O) groups excluding carboxylic acids is 6. The summed E-state index contributed by atoms with van der Waals surface area (Å²) in [6.45, 7) is 34.3. The number of methoxy groups -OCH3 is 4. The summed E-state index contributed by atoms with van der Waals surface area (Å²) in [4.78, 5) is 82.1. The maximum Gasteiger partial charge on any atom is 0.509 e. The maximum atomic E-state index is 14.0. The van der Waals surface area contributed by atoms with Crippen molar-refractivity contribution < 1.29 is 90.7 Å². The van der Waals surface area contributed by atoms with E-state index in [4.69, 9.17) is 56.8 Å². The minimum absolute atomic E-state index is 0.0123. The summed E-state index contributed by atoms with van der Waals surface area (Å²) in [5, 5.41) is 11.0. The average molecular weight is 1250 g/mol. The molecule has 21 heteroatoms. The molecule has 2 aliphatic heterocycles. The van der Waals surface area contributed by atoms with Crippen LogP contribution in [0.4, 0.5) is 19.2 Å². The minimum atomic E-state index is -1.50. The zero-order valence-electron chi connectivity index (χ0n) is 57.0. The van der Waals surface area contributed by atoms with Crippen molar-refractivity contribution in [2.24, 2.45) is 29.6 Å². The zero-order valence-corrected chi connectivity index (χ0v) is 57.0. The molecule has 0 saturated carbocycles. The first-order valence-electron chi connectivity index (χ1n) is 30.9. The largest absolute Gasteiger partial charge is 0.509 e. The summed E-state index contributed by atoms with van der Waals surface area (Å²) in [6, 6.07) is 10.0. The van der Waals surface area contributed by atoms with Crippen molar-refractivity contribution in [2.75, 3.05) is 54.9 Å². The lowest BCUT2D eigenvalue weighted by Crippen LogP contribution is -2.62. The highest BCUT2D eigenvalue weighted by Crippen LogP contribution is 2.40. The van der Waals surface area contributed by atoms with Crippen LogP contribution < -0.4 is 18.9 Å². The van der Waals surface area contributed by atoms with Gasteiger partial charge < -0.3 is 61.9 Å². The summed E-state index contributed by atoms with van der Waals surface area (Å²) < 4.78 is 67.1. The Morgan fingerprint density at radius 2 is 0.920 bits per heavy atom. The van der Waals surface area contributed by atoms with Crippen LogP contribution in [0.3, 0.4) is 0 Å². The molecule has 0 radical (unpaired) electrons. The van der Waals surface area contributed by atoms with Gasteiger partial charge in [0.05, 0.1) is 51.0 Å². The van der Waals surface area contributed by atoms with E-state index in [0.29, 0.717) is 75.1 Å². The highest BCUT2D eigenvalue weighted by atomic mass is 16.7. The van der Waals surface area contributed by atoms with Crippen LogP contribution in [0.25, 0.3) is 0 Å². The molecule has 500 valence electrons. The molecule has 7 atom stereocenters. The highest BCUT2D eigenvalue weighted by molar-refractivity contribution is 5.95. The van der Waals surface area contributed by atoms with E-state index in [-0.39, 0.29) is 48.8 Å². The van der Waals surface area contributed by atoms with Crippen molar-refractivity contribution in [3.8, 4) is 23.0 Å². The predicted octanol–water partition coefficient (Wildman–Crippen LogP) is 13.1. The zero-order chi connectivity index (χ0) is 66.7. The molecule has 0 aliphatic carbocycles. The molecule has 2 fully saturated rings. The van der Waals surface area contributed by atoms with E-state index in [9.17, 15) is 33.9 Å². The van der Waals surface area contributed by atoms with Crippen LogP contribution in [0, 0.1) is 29.6 Å². The van der Waals surface area contributed by atoms with Gasteiger partial charge in [0.1, 0.15) is 34.6 Å². The standard InChI is InChI=1S/C35H57NO10.C32H51NO9/c1-22(2)24(18-23-14-15-27(42-12)29(19-23)43-17-13-16-41-11)20-26-28(44-32(39)46-34(6,7)8)21-25(35(9,10)40)30(37)36(26)31(38)45-33(3,4)5;1-21(2)23(18-22-12-13-26(38-10)27(19-22)39-17-11-16-37-9)20-24-25(40-30(36)42-32(6,7)8)14-15-28(34)33(24)29(35)41-31(3,4)5/h14-15,19,22,24-26,28,40H,13,16-18,20-21H2,1-12H3;12-13,19,21,23-25H,11,14-18,20H2,1-10H3/t24-,25?,26-,28-;23-,24-,25-/m00/s1. The first-order valence-corrected chi connectivity index (χ1v) is 30.9. The maximum absolute atomic E-state index is 14.0. The molecule has 88 heavy (non-hydrogen) atoms. The van der Waals surface area contributed by atoms with Gasteiger partial charge in [-0.25, -0.2) is 29.0 Å². The van der Waals surface area contributed by atoms with Crippen LogP contribution in [-0.4, -0.2) is 158 Å². The number of hydrogen-bond acceptors (Lipinski definition) is 19. The van der Waals surface area contributed by atoms with Crippen LogP contribution >= 0.6 is 0 Å². The van der Waals surface area contributed by atoms with E-state index in [1.54, 1.807) is 112 Å². The van der Waals surface area contributed by atoms with Crippen molar-refractivity contribution in [3.05, 3.63) is 47.5 Å². The van der Waals surface area contributed by atoms with Gasteiger partial charge in [0.15, 0.2) is 23.0 Å². The lowest BCUT2D eigenvalue weighted by Gasteiger charge is -2.46. The number of carbonyl (C=O) groups is 6. The van der Waals surface area contributed by atoms with Gasteiger partial charge in [0, 0.05) is 53.1 Å². The lowest BCUT2D eigenvalue weighted by molar-refractivity contribution is -0.161. The summed E-state index contributed by atoms with van der Waals surface area (Å²) in [5.41, 5.74) is -2.78. The second kappa shape index (κ2) is 33.7. The average Bonchev–Trinajstić information content (AvgIpc) is 0.796. The Morgan fingerprint density at radius 3 is 1.28 bits per heavy atom. The van der Waals surface area contributed by atoms with E-state index in [1.807, 2.05) is 36.4 Å². The fourth-order valence-electron chi connectivity index (χ4n) is 10.3. The van der Waals surface area contributed by atoms with Crippen LogP contribution in [-0.2, 0) is 60.3 Å². The number of imide groups is 2. The van der Waals surface area contributed by atoms with Crippen molar-refractivity contribution in [2.45, 2.75) is 235 Å². The molecule has 2 aromatic carbocycles. The molecule has 1 unspecified atom stereocenters. The molecule has 4 rings (SSSR count). The topological polar surface area (TPSA) is 240 Å². The molecule has 0 spiro atoms. The summed E-state index contributed by atoms with van der Waals surface area (Å²) in [7, 11) is 6.49. The van der Waals surface area contributed by atoms with E-state index >= 15 is 0 Å². The molecular formula is C67H108N2O19. The Morgan fingerprint density at radius 1 is 0.534 bits per heavy atom. The number of piperidine rings is 2. The molecule has 0 aromatic heterocycles. The number of benzene rings is 2. The molecule has 2 aliphatic rings. The lowest BCUT2D eigenvalue weighted by atomic mass is 9.75. The van der Waals surface area contributed by atoms with Gasteiger partial charge in [-0.05, 0) is 188 Å². The van der Waals surface area contributed by atoms with Crippen molar-refractivity contribution in [1.82, 2.24) is 9.80 Å². The number of likely N-dealkylation sites (tertiary alicyclic amines) is 2. The van der Waals surface area contributed by atoms with E-state index in [2.05, 4.69) is 27.7 Å². The number of ether oxygens (including phenoxy) is 12. The minimum Gasteiger partial charge on any atom is -0.493 e. The summed E-state index contributed by atoms with van der Waals surface area (Å²) >= 11 is 0. The predicted molar refractivity (Wildman–Crippen MR) is 333 cm³/mol. The van der Waals surface area contributed by atoms with Gasteiger partial charge in [-0.15, -0.1) is 0 Å². The quantitative estimate of drug-likeness (QED) is 0.0552. The number of rotatable bonds is 25. The van der Waals surface area contributed by atoms with E-state index in [0.717, 1.165) is 33.8 Å². The van der Waals surface area contributed by atoms with Gasteiger partial charge >= 0.3 is 24.5 Å². The van der Waals surface area contributed by atoms with Gasteiger partial charge in [-0.1, -0.05) is 39.8 Å². The first kappa shape index (κ1) is 76.2. The Bertz CT molecular complexity index is 2550. The molecule has 0 bridgehead atoms. The molecule has 2 saturated heterocycles. The molecule has 2 heterocycles. The third-order valence-electron chi connectivity index (χ3n) is 14.7. The van der Waals surface area contributed by atoms with Crippen LogP contribution in [0.1, 0.15) is 181 Å². The van der Waals surface area contributed by atoms with Gasteiger partial charge in [0.25, 0.3) is 0 Å². The molecule has 2 aromatic rings. The van der Waals surface area contributed by atoms with Crippen molar-refractivity contribution >= 4 is 36.3 Å². The molecule has 1 N–H and O–H groups in total. The number of aliphatic hydroxyl groups is 1. The highest BCUT2D eigenvalue weighted by Gasteiger charge is 2.53. The smallest absolute Gasteiger partial charge is 0.493 e. The SMILES string of the molecule is COCCCOc1cc(C[C@@H](C[C@H]2[C@@H](OC(=O)OC(C)(C)C)CC(C(C)(C)O)C(=O)N2C(=O)OC(C)(C)C)C(C)C)ccc1OC.COCCCOc1cc(C[C@@H](C[C@H]2[C@@H](OC(=O)OC(C)(C)C)CCC(=O)N2C(=O)OC(C)(C)C)C(C)C)ccc1OC. The molecule has 21 nitrogen and oxygen atoms in total. The first-order chi connectivity index (χ1) is 40.7. The van der Waals surface area contributed by atoms with Gasteiger partial charge in [0.2, 0.25) is 11.8 Å². The van der Waals surface area contributed by atoms with Crippen LogP contribution in [0.5, 0.6) is 23.0 Å². The third kappa shape index (κ3) is 25.8. The Labute approximate surface area is 524 Å². The number of hydrogen-bond donors (Lipinski definition) is 1. The van der Waals surface area contributed by atoms with E-state index in [1.165, 1.54) is 13.8 Å². The van der Waals surface area contributed by atoms with Crippen LogP contribution in [0.15, 0.2) is 36.4 Å². The Kier molecular flexibility index (Phi) is 29.2. The third-order valence-corrected chi connectivity index (χ3v) is 14.7. The molecule has 4 amide bonds. The number of amides is 4.